The molecule has 0 radical (unpaired) electrons. The normalized spacial score (nSPS) is 16.1. The molecular weight excluding hydrogens is 558 g/mol. The van der Waals surface area contributed by atoms with E-state index < -0.39 is 17.2 Å². The molecule has 0 spiro atoms. The molecule has 2 aromatic carbocycles. The van der Waals surface area contributed by atoms with Crippen molar-refractivity contribution in [3.8, 4) is 5.75 Å². The first-order valence-electron chi connectivity index (χ1n) is 14.0. The Labute approximate surface area is 250 Å². The number of aromatic nitrogens is 3. The van der Waals surface area contributed by atoms with Crippen LogP contribution in [0.5, 0.6) is 5.75 Å². The summed E-state index contributed by atoms with van der Waals surface area (Å²) in [7, 11) is 5.60. The van der Waals surface area contributed by atoms with Gasteiger partial charge in [-0.1, -0.05) is 13.5 Å². The number of likely N-dealkylation sites (N-methyl/N-ethyl adjacent to an activating group) is 1. The van der Waals surface area contributed by atoms with Crippen LogP contribution < -0.4 is 25.6 Å². The molecule has 43 heavy (non-hydrogen) atoms. The molecule has 11 nitrogen and oxygen atoms in total. The van der Waals surface area contributed by atoms with Crippen LogP contribution in [-0.4, -0.2) is 71.2 Å². The van der Waals surface area contributed by atoms with Crippen molar-refractivity contribution in [1.82, 2.24) is 19.9 Å². The molecule has 1 saturated heterocycles. The van der Waals surface area contributed by atoms with E-state index in [9.17, 15) is 18.7 Å². The van der Waals surface area contributed by atoms with Crippen molar-refractivity contribution in [3.63, 3.8) is 0 Å². The quantitative estimate of drug-likeness (QED) is 0.214. The molecule has 2 atom stereocenters. The molecule has 1 amide bonds. The molecule has 1 fully saturated rings. The van der Waals surface area contributed by atoms with Gasteiger partial charge in [0.1, 0.15) is 12.1 Å². The molecule has 4 N–H and O–H groups in total. The largest absolute Gasteiger partial charge is 0.494 e. The average Bonchev–Trinajstić information content (AvgIpc) is 3.42. The number of nitrogens with one attached hydrogen (secondary N) is 3. The van der Waals surface area contributed by atoms with Crippen molar-refractivity contribution < 1.29 is 23.4 Å². The van der Waals surface area contributed by atoms with Crippen LogP contribution >= 0.6 is 0 Å². The highest BCUT2D eigenvalue weighted by Crippen LogP contribution is 2.41. The van der Waals surface area contributed by atoms with Gasteiger partial charge in [0.05, 0.1) is 35.5 Å². The standard InChI is InChI=1S/C30H38F2N8O3/c1-7-27(41)35-23-14-24(26(43-6)15-25(23)40-11-9-10-18(40)16-39(4)5)37-29-34-17-33-28(38-29)36-22-13-21(32)20(31)12-19(22)30(3,42)8-2/h7,12-15,17-18,42H,1,8-11,16H2,2-6H3,(H,35,41)(H2,33,34,36,37,38)/t18-,30?/m1/s1. The molecule has 1 unspecified atom stereocenters. The van der Waals surface area contributed by atoms with Crippen molar-refractivity contribution in [3.05, 3.63) is 60.4 Å². The number of nitrogens with zero attached hydrogens (tertiary/aromatic N) is 5. The van der Waals surface area contributed by atoms with Crippen LogP contribution in [0.15, 0.2) is 43.2 Å². The summed E-state index contributed by atoms with van der Waals surface area (Å²) in [6.45, 7) is 8.49. The number of benzene rings is 2. The Kier molecular flexibility index (Phi) is 9.77. The van der Waals surface area contributed by atoms with Crippen LogP contribution in [0.4, 0.5) is 43.4 Å². The van der Waals surface area contributed by atoms with Gasteiger partial charge in [-0.3, -0.25) is 4.79 Å². The summed E-state index contributed by atoms with van der Waals surface area (Å²) in [6, 6.07) is 5.75. The summed E-state index contributed by atoms with van der Waals surface area (Å²) in [4.78, 5) is 29.5. The molecule has 0 saturated carbocycles. The lowest BCUT2D eigenvalue weighted by atomic mass is 9.91. The Bertz CT molecular complexity index is 1480. The van der Waals surface area contributed by atoms with Gasteiger partial charge in [0.15, 0.2) is 11.6 Å². The number of anilines is 6. The van der Waals surface area contributed by atoms with Crippen LogP contribution in [0, 0.1) is 11.6 Å². The lowest BCUT2D eigenvalue weighted by Gasteiger charge is -2.31. The van der Waals surface area contributed by atoms with Crippen LogP contribution in [-0.2, 0) is 10.4 Å². The zero-order valence-corrected chi connectivity index (χ0v) is 25.0. The summed E-state index contributed by atoms with van der Waals surface area (Å²) in [5, 5.41) is 19.7. The molecule has 1 aliphatic heterocycles. The van der Waals surface area contributed by atoms with Crippen molar-refractivity contribution >= 4 is 40.6 Å². The van der Waals surface area contributed by atoms with E-state index >= 15 is 0 Å². The second-order valence-electron chi connectivity index (χ2n) is 10.8. The van der Waals surface area contributed by atoms with Crippen LogP contribution in [0.25, 0.3) is 0 Å². The number of methoxy groups -OCH3 is 1. The molecule has 1 aliphatic rings. The average molecular weight is 597 g/mol. The summed E-state index contributed by atoms with van der Waals surface area (Å²) in [5.41, 5.74) is 0.657. The van der Waals surface area contributed by atoms with Crippen molar-refractivity contribution in [2.24, 2.45) is 0 Å². The molecule has 4 rings (SSSR count). The van der Waals surface area contributed by atoms with Gasteiger partial charge in [0.25, 0.3) is 0 Å². The topological polar surface area (TPSA) is 128 Å². The number of hydrogen-bond donors (Lipinski definition) is 4. The van der Waals surface area contributed by atoms with Gasteiger partial charge in [-0.25, -0.2) is 18.7 Å². The SMILES string of the molecule is C=CC(=O)Nc1cc(Nc2ncnc(Nc3cc(F)c(F)cc3C(C)(O)CC)n2)c(OC)cc1N1CCC[C@@H]1CN(C)C. The number of rotatable bonds is 12. The van der Waals surface area contributed by atoms with E-state index in [-0.39, 0.29) is 41.5 Å². The molecule has 2 heterocycles. The van der Waals surface area contributed by atoms with Gasteiger partial charge in [0.2, 0.25) is 17.8 Å². The Hall–Kier alpha value is -4.36. The van der Waals surface area contributed by atoms with Gasteiger partial charge in [0, 0.05) is 36.8 Å². The fourth-order valence-corrected chi connectivity index (χ4v) is 5.07. The number of ether oxygens (including phenoxy) is 1. The molecule has 0 bridgehead atoms. The lowest BCUT2D eigenvalue weighted by Crippen LogP contribution is -2.38. The highest BCUT2D eigenvalue weighted by Gasteiger charge is 2.29. The summed E-state index contributed by atoms with van der Waals surface area (Å²) < 4.78 is 34.0. The Morgan fingerprint density at radius 3 is 2.47 bits per heavy atom. The minimum atomic E-state index is -1.44. The zero-order valence-electron chi connectivity index (χ0n) is 25.0. The predicted octanol–water partition coefficient (Wildman–Crippen LogP) is 4.92. The summed E-state index contributed by atoms with van der Waals surface area (Å²) in [6.07, 6.45) is 4.73. The third kappa shape index (κ3) is 7.35. The van der Waals surface area contributed by atoms with Crippen LogP contribution in [0.1, 0.15) is 38.7 Å². The highest BCUT2D eigenvalue weighted by molar-refractivity contribution is 6.02. The second-order valence-corrected chi connectivity index (χ2v) is 10.8. The monoisotopic (exact) mass is 596 g/mol. The van der Waals surface area contributed by atoms with Gasteiger partial charge < -0.3 is 35.6 Å². The van der Waals surface area contributed by atoms with Gasteiger partial charge in [-0.15, -0.1) is 0 Å². The fraction of sp³-hybridized carbons (Fsp3) is 0.400. The number of amides is 1. The van der Waals surface area contributed by atoms with E-state index in [1.165, 1.54) is 26.4 Å². The number of carbonyl (C=O) groups excluding carboxylic acids is 1. The van der Waals surface area contributed by atoms with E-state index in [1.54, 1.807) is 13.0 Å². The van der Waals surface area contributed by atoms with E-state index in [4.69, 9.17) is 4.74 Å². The first kappa shape index (κ1) is 31.6. The molecule has 13 heteroatoms. The summed E-state index contributed by atoms with van der Waals surface area (Å²) in [5.74, 6) is -1.91. The first-order valence-corrected chi connectivity index (χ1v) is 14.0. The van der Waals surface area contributed by atoms with Gasteiger partial charge in [-0.05, 0) is 58.5 Å². The molecule has 230 valence electrons. The second kappa shape index (κ2) is 13.3. The van der Waals surface area contributed by atoms with Crippen molar-refractivity contribution in [2.75, 3.05) is 55.1 Å². The predicted molar refractivity (Wildman–Crippen MR) is 163 cm³/mol. The maximum absolute atomic E-state index is 14.2. The lowest BCUT2D eigenvalue weighted by molar-refractivity contribution is -0.111. The maximum atomic E-state index is 14.2. The van der Waals surface area contributed by atoms with Gasteiger partial charge in [-0.2, -0.15) is 4.98 Å². The summed E-state index contributed by atoms with van der Waals surface area (Å²) >= 11 is 0. The fourth-order valence-electron chi connectivity index (χ4n) is 5.07. The molecule has 1 aromatic heterocycles. The molecule has 0 aliphatic carbocycles. The molecular formula is C30H38F2N8O3. The van der Waals surface area contributed by atoms with E-state index in [2.05, 4.69) is 47.3 Å². The maximum Gasteiger partial charge on any atom is 0.247 e. The zero-order chi connectivity index (χ0) is 31.3. The Morgan fingerprint density at radius 2 is 1.84 bits per heavy atom. The number of carbonyl (C=O) groups is 1. The van der Waals surface area contributed by atoms with E-state index in [0.29, 0.717) is 17.1 Å². The minimum absolute atomic E-state index is 0.0241. The Morgan fingerprint density at radius 1 is 1.16 bits per heavy atom. The minimum Gasteiger partial charge on any atom is -0.494 e. The third-order valence-corrected chi connectivity index (χ3v) is 7.42. The number of aliphatic hydroxyl groups is 1. The first-order chi connectivity index (χ1) is 20.4. The highest BCUT2D eigenvalue weighted by atomic mass is 19.2. The van der Waals surface area contributed by atoms with E-state index in [0.717, 1.165) is 43.8 Å². The third-order valence-electron chi connectivity index (χ3n) is 7.42. The Balaban J connectivity index is 1.68. The van der Waals surface area contributed by atoms with Crippen LogP contribution in [0.2, 0.25) is 0 Å². The number of halogens is 2. The number of hydrogen-bond acceptors (Lipinski definition) is 10. The smallest absolute Gasteiger partial charge is 0.247 e. The van der Waals surface area contributed by atoms with Crippen LogP contribution in [0.3, 0.4) is 0 Å². The van der Waals surface area contributed by atoms with Crippen molar-refractivity contribution in [2.45, 2.75) is 44.8 Å². The van der Waals surface area contributed by atoms with Crippen molar-refractivity contribution in [1.29, 1.82) is 0 Å². The van der Waals surface area contributed by atoms with Gasteiger partial charge >= 0.3 is 0 Å². The molecule has 3 aromatic rings. The van der Waals surface area contributed by atoms with E-state index in [1.807, 2.05) is 20.2 Å².